The number of methoxy groups -OCH3 is 1. The van der Waals surface area contributed by atoms with Gasteiger partial charge in [-0.2, -0.15) is 5.10 Å². The first-order valence-corrected chi connectivity index (χ1v) is 5.14. The van der Waals surface area contributed by atoms with Crippen molar-refractivity contribution in [2.75, 3.05) is 7.11 Å². The van der Waals surface area contributed by atoms with Gasteiger partial charge in [-0.25, -0.2) is 9.07 Å². The van der Waals surface area contributed by atoms with Crippen LogP contribution in [0.25, 0.3) is 0 Å². The summed E-state index contributed by atoms with van der Waals surface area (Å²) in [6, 6.07) is 6.40. The van der Waals surface area contributed by atoms with Crippen LogP contribution in [0.4, 0.5) is 4.39 Å². The van der Waals surface area contributed by atoms with Crippen molar-refractivity contribution >= 4 is 0 Å². The molecule has 0 N–H and O–H groups in total. The van der Waals surface area contributed by atoms with Gasteiger partial charge in [0.1, 0.15) is 6.61 Å². The number of nitrogens with zero attached hydrogens (tertiary/aromatic N) is 2. The Labute approximate surface area is 98.6 Å². The molecule has 90 valence electrons. The van der Waals surface area contributed by atoms with E-state index in [0.29, 0.717) is 12.5 Å². The molecule has 0 fully saturated rings. The lowest BCUT2D eigenvalue weighted by Gasteiger charge is -2.08. The first kappa shape index (κ1) is 11.4. The maximum atomic E-state index is 13.2. The van der Waals surface area contributed by atoms with E-state index in [1.54, 1.807) is 36.1 Å². The van der Waals surface area contributed by atoms with Gasteiger partial charge >= 0.3 is 0 Å². The minimum atomic E-state index is -0.378. The van der Waals surface area contributed by atoms with E-state index in [9.17, 15) is 4.39 Å². The molecule has 0 atom stereocenters. The summed E-state index contributed by atoms with van der Waals surface area (Å²) in [4.78, 5) is 0. The molecule has 2 rings (SSSR count). The predicted octanol–water partition coefficient (Wildman–Crippen LogP) is 2.15. The number of benzene rings is 1. The Bertz CT molecular complexity index is 511. The zero-order valence-electron chi connectivity index (χ0n) is 9.68. The van der Waals surface area contributed by atoms with Crippen molar-refractivity contribution in [3.8, 4) is 11.6 Å². The third-order valence-corrected chi connectivity index (χ3v) is 2.38. The van der Waals surface area contributed by atoms with Gasteiger partial charge in [0, 0.05) is 13.1 Å². The first-order chi connectivity index (χ1) is 8.20. The lowest BCUT2D eigenvalue weighted by Crippen LogP contribution is -2.01. The third kappa shape index (κ3) is 2.55. The number of aryl methyl sites for hydroxylation is 1. The maximum absolute atomic E-state index is 13.2. The molecule has 1 aromatic carbocycles. The quantitative estimate of drug-likeness (QED) is 0.816. The van der Waals surface area contributed by atoms with Crippen LogP contribution in [0, 0.1) is 5.82 Å². The van der Waals surface area contributed by atoms with Gasteiger partial charge in [-0.15, -0.1) is 0 Å². The van der Waals surface area contributed by atoms with Crippen LogP contribution in [0.3, 0.4) is 0 Å². The number of ether oxygens (including phenoxy) is 2. The summed E-state index contributed by atoms with van der Waals surface area (Å²) in [5.41, 5.74) is 0.837. The standard InChI is InChI=1S/C12H13FN2O2/c1-15-12(5-6-14-15)17-8-9-3-4-10(13)11(7-9)16-2/h3-7H,8H2,1-2H3. The van der Waals surface area contributed by atoms with E-state index in [4.69, 9.17) is 9.47 Å². The van der Waals surface area contributed by atoms with Crippen molar-refractivity contribution < 1.29 is 13.9 Å². The van der Waals surface area contributed by atoms with Crippen molar-refractivity contribution in [3.05, 3.63) is 41.8 Å². The summed E-state index contributed by atoms with van der Waals surface area (Å²) in [6.07, 6.45) is 1.65. The van der Waals surface area contributed by atoms with Gasteiger partial charge in [-0.3, -0.25) is 0 Å². The number of hydrogen-bond donors (Lipinski definition) is 0. The molecule has 0 saturated heterocycles. The maximum Gasteiger partial charge on any atom is 0.211 e. The SMILES string of the molecule is COc1cc(COc2ccnn2C)ccc1F. The second-order valence-corrected chi connectivity index (χ2v) is 3.55. The molecule has 17 heavy (non-hydrogen) atoms. The molecule has 4 nitrogen and oxygen atoms in total. The number of rotatable bonds is 4. The van der Waals surface area contributed by atoms with Gasteiger partial charge in [0.25, 0.3) is 0 Å². The van der Waals surface area contributed by atoms with E-state index in [0.717, 1.165) is 5.56 Å². The number of halogens is 1. The smallest absolute Gasteiger partial charge is 0.211 e. The Kier molecular flexibility index (Phi) is 3.27. The van der Waals surface area contributed by atoms with E-state index in [1.807, 2.05) is 0 Å². The van der Waals surface area contributed by atoms with Crippen LogP contribution in [0.15, 0.2) is 30.5 Å². The summed E-state index contributed by atoms with van der Waals surface area (Å²) in [6.45, 7) is 0.343. The highest BCUT2D eigenvalue weighted by Crippen LogP contribution is 2.19. The fourth-order valence-electron chi connectivity index (χ4n) is 1.45. The normalized spacial score (nSPS) is 10.3. The summed E-state index contributed by atoms with van der Waals surface area (Å²) in [5.74, 6) is 0.501. The molecule has 0 spiro atoms. The molecule has 0 bridgehead atoms. The monoisotopic (exact) mass is 236 g/mol. The van der Waals surface area contributed by atoms with E-state index in [-0.39, 0.29) is 11.6 Å². The molecular weight excluding hydrogens is 223 g/mol. The Morgan fingerprint density at radius 1 is 1.35 bits per heavy atom. The second kappa shape index (κ2) is 4.86. The summed E-state index contributed by atoms with van der Waals surface area (Å²) >= 11 is 0. The summed E-state index contributed by atoms with van der Waals surface area (Å²) in [5, 5.41) is 3.98. The van der Waals surface area contributed by atoms with E-state index >= 15 is 0 Å². The van der Waals surface area contributed by atoms with Crippen molar-refractivity contribution in [2.45, 2.75) is 6.61 Å². The zero-order valence-corrected chi connectivity index (χ0v) is 9.68. The minimum absolute atomic E-state index is 0.219. The van der Waals surface area contributed by atoms with Gasteiger partial charge in [0.2, 0.25) is 5.88 Å². The van der Waals surface area contributed by atoms with Gasteiger partial charge in [-0.1, -0.05) is 6.07 Å². The Morgan fingerprint density at radius 3 is 2.82 bits per heavy atom. The van der Waals surface area contributed by atoms with Crippen LogP contribution in [-0.2, 0) is 13.7 Å². The molecule has 1 heterocycles. The molecule has 0 radical (unpaired) electrons. The average Bonchev–Trinajstić information content (AvgIpc) is 2.74. The van der Waals surface area contributed by atoms with Crippen LogP contribution >= 0.6 is 0 Å². The lowest BCUT2D eigenvalue weighted by atomic mass is 10.2. The average molecular weight is 236 g/mol. The summed E-state index contributed by atoms with van der Waals surface area (Å²) in [7, 11) is 3.23. The topological polar surface area (TPSA) is 36.3 Å². The third-order valence-electron chi connectivity index (χ3n) is 2.38. The van der Waals surface area contributed by atoms with Crippen LogP contribution < -0.4 is 9.47 Å². The highest BCUT2D eigenvalue weighted by Gasteiger charge is 2.05. The van der Waals surface area contributed by atoms with Gasteiger partial charge < -0.3 is 9.47 Å². The van der Waals surface area contributed by atoms with Crippen LogP contribution in [0.5, 0.6) is 11.6 Å². The van der Waals surface area contributed by atoms with E-state index < -0.39 is 0 Å². The van der Waals surface area contributed by atoms with Crippen molar-refractivity contribution in [1.29, 1.82) is 0 Å². The Hall–Kier alpha value is -2.04. The van der Waals surface area contributed by atoms with Crippen molar-refractivity contribution in [2.24, 2.45) is 7.05 Å². The van der Waals surface area contributed by atoms with Crippen molar-refractivity contribution in [3.63, 3.8) is 0 Å². The number of aromatic nitrogens is 2. The predicted molar refractivity (Wildman–Crippen MR) is 60.5 cm³/mol. The molecule has 2 aromatic rings. The highest BCUT2D eigenvalue weighted by atomic mass is 19.1. The molecule has 0 unspecified atom stereocenters. The van der Waals surface area contributed by atoms with Crippen LogP contribution in [0.2, 0.25) is 0 Å². The summed E-state index contributed by atoms with van der Waals surface area (Å²) < 4.78 is 25.2. The molecule has 0 amide bonds. The first-order valence-electron chi connectivity index (χ1n) is 5.14. The van der Waals surface area contributed by atoms with E-state index in [2.05, 4.69) is 5.10 Å². The van der Waals surface area contributed by atoms with Gasteiger partial charge in [0.05, 0.1) is 13.3 Å². The van der Waals surface area contributed by atoms with E-state index in [1.165, 1.54) is 13.2 Å². The van der Waals surface area contributed by atoms with Gasteiger partial charge in [0.15, 0.2) is 11.6 Å². The molecule has 5 heteroatoms. The zero-order chi connectivity index (χ0) is 12.3. The molecule has 1 aromatic heterocycles. The Balaban J connectivity index is 2.07. The second-order valence-electron chi connectivity index (χ2n) is 3.55. The fourth-order valence-corrected chi connectivity index (χ4v) is 1.45. The minimum Gasteiger partial charge on any atom is -0.494 e. The molecule has 0 aliphatic heterocycles. The van der Waals surface area contributed by atoms with Gasteiger partial charge in [-0.05, 0) is 17.7 Å². The Morgan fingerprint density at radius 2 is 2.18 bits per heavy atom. The largest absolute Gasteiger partial charge is 0.494 e. The molecule has 0 saturated carbocycles. The van der Waals surface area contributed by atoms with Crippen molar-refractivity contribution in [1.82, 2.24) is 9.78 Å². The fraction of sp³-hybridized carbons (Fsp3) is 0.250. The lowest BCUT2D eigenvalue weighted by molar-refractivity contribution is 0.277. The molecule has 0 aliphatic carbocycles. The van der Waals surface area contributed by atoms with Crippen LogP contribution in [-0.4, -0.2) is 16.9 Å². The number of hydrogen-bond acceptors (Lipinski definition) is 3. The van der Waals surface area contributed by atoms with Crippen LogP contribution in [0.1, 0.15) is 5.56 Å². The highest BCUT2D eigenvalue weighted by molar-refractivity contribution is 5.30. The molecule has 0 aliphatic rings. The molecular formula is C12H13FN2O2.